The van der Waals surface area contributed by atoms with Crippen LogP contribution in [-0.4, -0.2) is 22.9 Å². The molecule has 7 nitrogen and oxygen atoms in total. The number of nitriles is 1. The monoisotopic (exact) mass is 422 g/mol. The van der Waals surface area contributed by atoms with Gasteiger partial charge >= 0.3 is 0 Å². The quantitative estimate of drug-likeness (QED) is 0.363. The molecule has 1 aliphatic heterocycles. The molecule has 3 aromatic rings. The molecule has 0 bridgehead atoms. The maximum Gasteiger partial charge on any atom is 0.250 e. The highest BCUT2D eigenvalue weighted by Crippen LogP contribution is 2.33. The highest BCUT2D eigenvalue weighted by molar-refractivity contribution is 8.00. The molecule has 0 spiro atoms. The molecule has 1 amide bonds. The maximum absolute atomic E-state index is 12.1. The molecule has 4 rings (SSSR count). The van der Waals surface area contributed by atoms with Crippen LogP contribution < -0.4 is 14.8 Å². The lowest BCUT2D eigenvalue weighted by atomic mass is 10.2. The van der Waals surface area contributed by atoms with Crippen molar-refractivity contribution >= 4 is 40.2 Å². The third-order valence-electron chi connectivity index (χ3n) is 3.91. The Morgan fingerprint density at radius 1 is 1.21 bits per heavy atom. The lowest BCUT2D eigenvalue weighted by molar-refractivity contribution is -0.111. The van der Waals surface area contributed by atoms with Crippen LogP contribution in [0.15, 0.2) is 52.9 Å². The summed E-state index contributed by atoms with van der Waals surface area (Å²) in [6.45, 7) is 0.214. The Morgan fingerprint density at radius 2 is 2.03 bits per heavy atom. The van der Waals surface area contributed by atoms with Crippen molar-refractivity contribution in [3.8, 4) is 17.6 Å². The number of aromatic nitrogens is 2. The van der Waals surface area contributed by atoms with Crippen LogP contribution in [-0.2, 0) is 10.5 Å². The summed E-state index contributed by atoms with van der Waals surface area (Å²) in [6, 6.07) is 15.0. The number of amides is 1. The Kier molecular flexibility index (Phi) is 5.74. The number of hydrogen-bond acceptors (Lipinski definition) is 8. The first-order valence-corrected chi connectivity index (χ1v) is 10.3. The Hall–Kier alpha value is -3.35. The van der Waals surface area contributed by atoms with Crippen LogP contribution in [0.25, 0.3) is 6.08 Å². The molecular weight excluding hydrogens is 408 g/mol. The van der Waals surface area contributed by atoms with Crippen molar-refractivity contribution in [3.63, 3.8) is 0 Å². The molecule has 2 aromatic carbocycles. The van der Waals surface area contributed by atoms with E-state index in [1.165, 1.54) is 29.2 Å². The van der Waals surface area contributed by atoms with Gasteiger partial charge in [-0.2, -0.15) is 5.26 Å². The summed E-state index contributed by atoms with van der Waals surface area (Å²) in [5, 5.41) is 20.1. The smallest absolute Gasteiger partial charge is 0.250 e. The zero-order valence-electron chi connectivity index (χ0n) is 15.0. The average molecular weight is 422 g/mol. The van der Waals surface area contributed by atoms with Crippen molar-refractivity contribution in [1.82, 2.24) is 10.2 Å². The Bertz CT molecular complexity index is 1100. The molecule has 1 N–H and O–H groups in total. The molecule has 0 fully saturated rings. The number of nitrogens with one attached hydrogen (secondary N) is 1. The number of hydrogen-bond donors (Lipinski definition) is 1. The molecule has 0 atom stereocenters. The molecule has 29 heavy (non-hydrogen) atoms. The van der Waals surface area contributed by atoms with Crippen molar-refractivity contribution in [2.45, 2.75) is 10.1 Å². The molecule has 1 aromatic heterocycles. The van der Waals surface area contributed by atoms with Gasteiger partial charge < -0.3 is 9.47 Å². The number of ether oxygens (including phenoxy) is 2. The van der Waals surface area contributed by atoms with E-state index in [0.29, 0.717) is 27.9 Å². The van der Waals surface area contributed by atoms with E-state index in [4.69, 9.17) is 14.7 Å². The third kappa shape index (κ3) is 4.93. The van der Waals surface area contributed by atoms with Crippen LogP contribution in [0.3, 0.4) is 0 Å². The molecule has 144 valence electrons. The largest absolute Gasteiger partial charge is 0.454 e. The standard InChI is InChI=1S/C20H14N4O3S2/c21-10-14-1-3-15(4-2-14)11-28-20-24-23-19(29-20)22-18(25)8-6-13-5-7-16-17(9-13)27-12-26-16/h1-9H,11-12H2,(H,22,23,25)/b8-6+. The SMILES string of the molecule is N#Cc1ccc(CSc2nnc(NC(=O)/C=C/c3ccc4c(c3)OCO4)s2)cc1. The minimum absolute atomic E-state index is 0.214. The van der Waals surface area contributed by atoms with E-state index < -0.39 is 0 Å². The van der Waals surface area contributed by atoms with Gasteiger partial charge in [0.15, 0.2) is 15.8 Å². The van der Waals surface area contributed by atoms with Gasteiger partial charge in [-0.25, -0.2) is 0 Å². The number of thioether (sulfide) groups is 1. The van der Waals surface area contributed by atoms with Gasteiger partial charge in [0.25, 0.3) is 0 Å². The van der Waals surface area contributed by atoms with Crippen molar-refractivity contribution < 1.29 is 14.3 Å². The van der Waals surface area contributed by atoms with Gasteiger partial charge in [-0.05, 0) is 41.5 Å². The van der Waals surface area contributed by atoms with E-state index in [9.17, 15) is 4.79 Å². The maximum atomic E-state index is 12.1. The number of nitrogens with zero attached hydrogens (tertiary/aromatic N) is 3. The van der Waals surface area contributed by atoms with Gasteiger partial charge in [0, 0.05) is 11.8 Å². The third-order valence-corrected chi connectivity index (χ3v) is 5.95. The fraction of sp³-hybridized carbons (Fsp3) is 0.100. The first-order valence-electron chi connectivity index (χ1n) is 8.54. The summed E-state index contributed by atoms with van der Waals surface area (Å²) in [4.78, 5) is 12.1. The number of carbonyl (C=O) groups excluding carboxylic acids is 1. The van der Waals surface area contributed by atoms with Crippen LogP contribution in [0, 0.1) is 11.3 Å². The van der Waals surface area contributed by atoms with Gasteiger partial charge in [0.2, 0.25) is 17.8 Å². The van der Waals surface area contributed by atoms with E-state index in [2.05, 4.69) is 21.6 Å². The summed E-state index contributed by atoms with van der Waals surface area (Å²) in [5.74, 6) is 1.78. The molecule has 1 aliphatic rings. The van der Waals surface area contributed by atoms with Crippen LogP contribution in [0.5, 0.6) is 11.5 Å². The normalized spacial score (nSPS) is 12.1. The van der Waals surface area contributed by atoms with Gasteiger partial charge in [-0.15, -0.1) is 10.2 Å². The lowest BCUT2D eigenvalue weighted by Crippen LogP contribution is -2.07. The highest BCUT2D eigenvalue weighted by atomic mass is 32.2. The molecule has 0 aliphatic carbocycles. The topological polar surface area (TPSA) is 97.1 Å². The number of anilines is 1. The second-order valence-electron chi connectivity index (χ2n) is 5.91. The summed E-state index contributed by atoms with van der Waals surface area (Å²) in [6.07, 6.45) is 3.13. The van der Waals surface area contributed by atoms with E-state index in [-0.39, 0.29) is 12.7 Å². The molecule has 0 saturated carbocycles. The second kappa shape index (κ2) is 8.77. The number of carbonyl (C=O) groups is 1. The molecule has 0 saturated heterocycles. The Morgan fingerprint density at radius 3 is 2.86 bits per heavy atom. The van der Waals surface area contributed by atoms with Crippen molar-refractivity contribution in [2.75, 3.05) is 12.1 Å². The lowest BCUT2D eigenvalue weighted by Gasteiger charge is -1.98. The van der Waals surface area contributed by atoms with Crippen molar-refractivity contribution in [1.29, 1.82) is 5.26 Å². The molecule has 2 heterocycles. The zero-order valence-corrected chi connectivity index (χ0v) is 16.6. The summed E-state index contributed by atoms with van der Waals surface area (Å²) >= 11 is 2.84. The van der Waals surface area contributed by atoms with Crippen LogP contribution in [0.1, 0.15) is 16.7 Å². The summed E-state index contributed by atoms with van der Waals surface area (Å²) < 4.78 is 11.3. The van der Waals surface area contributed by atoms with Crippen molar-refractivity contribution in [3.05, 3.63) is 65.2 Å². The number of benzene rings is 2. The minimum atomic E-state index is -0.289. The molecule has 0 unspecified atom stereocenters. The number of fused-ring (bicyclic) bond motifs is 1. The van der Waals surface area contributed by atoms with Gasteiger partial charge in [0.1, 0.15) is 0 Å². The fourth-order valence-electron chi connectivity index (χ4n) is 2.47. The predicted octanol–water partition coefficient (Wildman–Crippen LogP) is 4.08. The van der Waals surface area contributed by atoms with Crippen LogP contribution in [0.4, 0.5) is 5.13 Å². The summed E-state index contributed by atoms with van der Waals surface area (Å²) in [5.41, 5.74) is 2.55. The fourth-order valence-corrected chi connectivity index (χ4v) is 4.19. The van der Waals surface area contributed by atoms with Gasteiger partial charge in [-0.3, -0.25) is 10.1 Å². The van der Waals surface area contributed by atoms with Crippen LogP contribution >= 0.6 is 23.1 Å². The molecule has 9 heteroatoms. The first kappa shape index (κ1) is 19.0. The van der Waals surface area contributed by atoms with E-state index >= 15 is 0 Å². The van der Waals surface area contributed by atoms with Crippen molar-refractivity contribution in [2.24, 2.45) is 0 Å². The number of rotatable bonds is 6. The first-order chi connectivity index (χ1) is 14.2. The van der Waals surface area contributed by atoms with Gasteiger partial charge in [0.05, 0.1) is 11.6 Å². The predicted molar refractivity (Wildman–Crippen MR) is 111 cm³/mol. The summed E-state index contributed by atoms with van der Waals surface area (Å²) in [7, 11) is 0. The second-order valence-corrected chi connectivity index (χ2v) is 8.11. The zero-order chi connectivity index (χ0) is 20.1. The highest BCUT2D eigenvalue weighted by Gasteiger charge is 2.12. The van der Waals surface area contributed by atoms with Gasteiger partial charge in [-0.1, -0.05) is 41.3 Å². The Balaban J connectivity index is 1.30. The minimum Gasteiger partial charge on any atom is -0.454 e. The average Bonchev–Trinajstić information content (AvgIpc) is 3.40. The van der Waals surface area contributed by atoms with E-state index in [1.807, 2.05) is 30.3 Å². The van der Waals surface area contributed by atoms with Crippen LogP contribution in [0.2, 0.25) is 0 Å². The molecular formula is C20H14N4O3S2. The van der Waals surface area contributed by atoms with E-state index in [1.54, 1.807) is 18.2 Å². The van der Waals surface area contributed by atoms with E-state index in [0.717, 1.165) is 15.5 Å². The molecule has 0 radical (unpaired) electrons. The Labute approximate surface area is 175 Å².